The average Bonchev–Trinajstić information content (AvgIpc) is 3.12. The summed E-state index contributed by atoms with van der Waals surface area (Å²) in [6.45, 7) is 0.309. The van der Waals surface area contributed by atoms with E-state index in [4.69, 9.17) is 10.2 Å². The lowest BCUT2D eigenvalue weighted by atomic mass is 10.1. The molecule has 20 heavy (non-hydrogen) atoms. The standard InChI is InChI=1S/C16H18N2O2/c1-18(16(19)15-9-7-12(10-17)20-15)14-8-6-11-4-2-3-5-13(11)14/h2-5,7,9,14H,6,8,10,17H2,1H3. The van der Waals surface area contributed by atoms with Crippen molar-refractivity contribution in [3.05, 3.63) is 59.0 Å². The molecular formula is C16H18N2O2. The van der Waals surface area contributed by atoms with Crippen molar-refractivity contribution in [2.75, 3.05) is 7.05 Å². The van der Waals surface area contributed by atoms with Crippen LogP contribution in [0.3, 0.4) is 0 Å². The first-order chi connectivity index (χ1) is 9.70. The minimum absolute atomic E-state index is 0.0913. The van der Waals surface area contributed by atoms with Gasteiger partial charge in [-0.3, -0.25) is 4.79 Å². The highest BCUT2D eigenvalue weighted by atomic mass is 16.4. The molecule has 0 fully saturated rings. The molecule has 1 aromatic heterocycles. The minimum atomic E-state index is -0.0913. The lowest BCUT2D eigenvalue weighted by Gasteiger charge is -2.24. The normalized spacial score (nSPS) is 17.0. The van der Waals surface area contributed by atoms with Gasteiger partial charge in [0.25, 0.3) is 5.91 Å². The number of hydrogen-bond donors (Lipinski definition) is 1. The van der Waals surface area contributed by atoms with Gasteiger partial charge in [-0.25, -0.2) is 0 Å². The van der Waals surface area contributed by atoms with Crippen molar-refractivity contribution in [2.45, 2.75) is 25.4 Å². The predicted molar refractivity (Wildman–Crippen MR) is 76.2 cm³/mol. The van der Waals surface area contributed by atoms with Gasteiger partial charge in [0.1, 0.15) is 5.76 Å². The molecule has 3 rings (SSSR count). The van der Waals surface area contributed by atoms with E-state index in [2.05, 4.69) is 12.1 Å². The van der Waals surface area contributed by atoms with E-state index in [0.29, 0.717) is 18.1 Å². The smallest absolute Gasteiger partial charge is 0.289 e. The lowest BCUT2D eigenvalue weighted by molar-refractivity contribution is 0.0696. The second-order valence-electron chi connectivity index (χ2n) is 5.14. The first-order valence-corrected chi connectivity index (χ1v) is 6.84. The first kappa shape index (κ1) is 12.9. The maximum atomic E-state index is 12.5. The van der Waals surface area contributed by atoms with Gasteiger partial charge < -0.3 is 15.1 Å². The van der Waals surface area contributed by atoms with Crippen molar-refractivity contribution in [3.8, 4) is 0 Å². The predicted octanol–water partition coefficient (Wildman–Crippen LogP) is 2.50. The summed E-state index contributed by atoms with van der Waals surface area (Å²) >= 11 is 0. The third-order valence-corrected chi connectivity index (χ3v) is 3.96. The molecule has 1 aromatic carbocycles. The van der Waals surface area contributed by atoms with Crippen LogP contribution in [-0.2, 0) is 13.0 Å². The van der Waals surface area contributed by atoms with Gasteiger partial charge in [0.05, 0.1) is 12.6 Å². The van der Waals surface area contributed by atoms with Crippen molar-refractivity contribution >= 4 is 5.91 Å². The van der Waals surface area contributed by atoms with E-state index < -0.39 is 0 Å². The van der Waals surface area contributed by atoms with Crippen LogP contribution in [0.15, 0.2) is 40.8 Å². The molecule has 2 N–H and O–H groups in total. The van der Waals surface area contributed by atoms with Gasteiger partial charge in [0.15, 0.2) is 5.76 Å². The molecule has 4 heteroatoms. The summed E-state index contributed by atoms with van der Waals surface area (Å²) in [6.07, 6.45) is 1.98. The Morgan fingerprint density at radius 2 is 2.15 bits per heavy atom. The molecule has 0 aliphatic heterocycles. The molecule has 1 aliphatic carbocycles. The topological polar surface area (TPSA) is 59.5 Å². The maximum absolute atomic E-state index is 12.5. The van der Waals surface area contributed by atoms with Gasteiger partial charge in [0, 0.05) is 7.05 Å². The number of carbonyl (C=O) groups excluding carboxylic acids is 1. The van der Waals surface area contributed by atoms with E-state index in [1.807, 2.05) is 19.2 Å². The fourth-order valence-electron chi connectivity index (χ4n) is 2.85. The zero-order valence-corrected chi connectivity index (χ0v) is 11.5. The number of fused-ring (bicyclic) bond motifs is 1. The number of rotatable bonds is 3. The van der Waals surface area contributed by atoms with Crippen LogP contribution >= 0.6 is 0 Å². The molecule has 4 nitrogen and oxygen atoms in total. The zero-order valence-electron chi connectivity index (χ0n) is 11.5. The van der Waals surface area contributed by atoms with Crippen molar-refractivity contribution in [2.24, 2.45) is 5.73 Å². The summed E-state index contributed by atoms with van der Waals surface area (Å²) in [6, 6.07) is 11.9. The molecule has 1 atom stereocenters. The average molecular weight is 270 g/mol. The van der Waals surface area contributed by atoms with Crippen molar-refractivity contribution in [1.82, 2.24) is 4.90 Å². The maximum Gasteiger partial charge on any atom is 0.289 e. The molecule has 1 heterocycles. The molecule has 2 aromatic rings. The molecule has 1 unspecified atom stereocenters. The largest absolute Gasteiger partial charge is 0.455 e. The van der Waals surface area contributed by atoms with Crippen LogP contribution in [0.1, 0.15) is 39.9 Å². The molecule has 104 valence electrons. The molecule has 0 radical (unpaired) electrons. The van der Waals surface area contributed by atoms with Crippen LogP contribution in [0.5, 0.6) is 0 Å². The highest BCUT2D eigenvalue weighted by Gasteiger charge is 2.29. The van der Waals surface area contributed by atoms with E-state index in [0.717, 1.165) is 12.8 Å². The molecule has 0 spiro atoms. The first-order valence-electron chi connectivity index (χ1n) is 6.84. The highest BCUT2D eigenvalue weighted by Crippen LogP contribution is 2.35. The number of aryl methyl sites for hydroxylation is 1. The number of benzene rings is 1. The van der Waals surface area contributed by atoms with Crippen LogP contribution in [0.4, 0.5) is 0 Å². The molecule has 1 amide bonds. The molecule has 0 saturated carbocycles. The van der Waals surface area contributed by atoms with E-state index in [-0.39, 0.29) is 11.9 Å². The summed E-state index contributed by atoms with van der Waals surface area (Å²) in [5.74, 6) is 0.900. The van der Waals surface area contributed by atoms with Crippen LogP contribution in [0.2, 0.25) is 0 Å². The number of nitrogens with two attached hydrogens (primary N) is 1. The molecular weight excluding hydrogens is 252 g/mol. The van der Waals surface area contributed by atoms with Crippen molar-refractivity contribution in [3.63, 3.8) is 0 Å². The zero-order chi connectivity index (χ0) is 14.1. The van der Waals surface area contributed by atoms with Crippen molar-refractivity contribution in [1.29, 1.82) is 0 Å². The summed E-state index contributed by atoms with van der Waals surface area (Å²) in [5, 5.41) is 0. The fourth-order valence-corrected chi connectivity index (χ4v) is 2.85. The Morgan fingerprint density at radius 1 is 1.35 bits per heavy atom. The summed E-state index contributed by atoms with van der Waals surface area (Å²) in [7, 11) is 1.83. The minimum Gasteiger partial charge on any atom is -0.455 e. The van der Waals surface area contributed by atoms with E-state index in [9.17, 15) is 4.79 Å². The number of nitrogens with zero attached hydrogens (tertiary/aromatic N) is 1. The van der Waals surface area contributed by atoms with Crippen LogP contribution in [0.25, 0.3) is 0 Å². The van der Waals surface area contributed by atoms with E-state index >= 15 is 0 Å². The summed E-state index contributed by atoms with van der Waals surface area (Å²) < 4.78 is 5.45. The molecule has 1 aliphatic rings. The number of furan rings is 1. The molecule has 0 saturated heterocycles. The second-order valence-corrected chi connectivity index (χ2v) is 5.14. The third-order valence-electron chi connectivity index (χ3n) is 3.96. The fraction of sp³-hybridized carbons (Fsp3) is 0.312. The summed E-state index contributed by atoms with van der Waals surface area (Å²) in [5.41, 5.74) is 8.08. The van der Waals surface area contributed by atoms with E-state index in [1.54, 1.807) is 17.0 Å². The van der Waals surface area contributed by atoms with Crippen LogP contribution in [0, 0.1) is 0 Å². The Hall–Kier alpha value is -2.07. The Morgan fingerprint density at radius 3 is 2.90 bits per heavy atom. The van der Waals surface area contributed by atoms with Gasteiger partial charge in [0.2, 0.25) is 0 Å². The monoisotopic (exact) mass is 270 g/mol. The van der Waals surface area contributed by atoms with Gasteiger partial charge in [-0.15, -0.1) is 0 Å². The Balaban J connectivity index is 1.83. The lowest BCUT2D eigenvalue weighted by Crippen LogP contribution is -2.29. The number of carbonyl (C=O) groups is 1. The van der Waals surface area contributed by atoms with Gasteiger partial charge >= 0.3 is 0 Å². The van der Waals surface area contributed by atoms with Crippen molar-refractivity contribution < 1.29 is 9.21 Å². The van der Waals surface area contributed by atoms with Crippen LogP contribution < -0.4 is 5.73 Å². The van der Waals surface area contributed by atoms with Gasteiger partial charge in [-0.05, 0) is 36.1 Å². The Kier molecular flexibility index (Phi) is 3.32. The van der Waals surface area contributed by atoms with Gasteiger partial charge in [-0.2, -0.15) is 0 Å². The second kappa shape index (κ2) is 5.13. The van der Waals surface area contributed by atoms with E-state index in [1.165, 1.54) is 11.1 Å². The Labute approximate surface area is 118 Å². The summed E-state index contributed by atoms with van der Waals surface area (Å²) in [4.78, 5) is 14.2. The van der Waals surface area contributed by atoms with Gasteiger partial charge in [-0.1, -0.05) is 24.3 Å². The number of amides is 1. The SMILES string of the molecule is CN(C(=O)c1ccc(CN)o1)C1CCc2ccccc21. The molecule has 0 bridgehead atoms. The third kappa shape index (κ3) is 2.12. The highest BCUT2D eigenvalue weighted by molar-refractivity contribution is 5.91. The quantitative estimate of drug-likeness (QED) is 0.932. The Bertz CT molecular complexity index is 633. The number of hydrogen-bond acceptors (Lipinski definition) is 3. The van der Waals surface area contributed by atoms with Crippen LogP contribution in [-0.4, -0.2) is 17.9 Å².